The van der Waals surface area contributed by atoms with Crippen molar-refractivity contribution in [2.24, 2.45) is 0 Å². The first-order chi connectivity index (χ1) is 13.5. The molecule has 3 heterocycles. The first-order valence-corrected chi connectivity index (χ1v) is 9.09. The Hall–Kier alpha value is -2.59. The third-order valence-electron chi connectivity index (χ3n) is 5.18. The number of imidazole rings is 1. The highest BCUT2D eigenvalue weighted by Gasteiger charge is 2.44. The molecule has 9 nitrogen and oxygen atoms in total. The van der Waals surface area contributed by atoms with Crippen molar-refractivity contribution in [3.8, 4) is 0 Å². The minimum atomic E-state index is -1.20. The number of benzene rings is 1. The van der Waals surface area contributed by atoms with E-state index in [9.17, 15) is 15.3 Å². The van der Waals surface area contributed by atoms with E-state index >= 15 is 0 Å². The van der Waals surface area contributed by atoms with Crippen LogP contribution in [0, 0.1) is 13.8 Å². The SMILES string of the molecule is Cc1ccc(CNc2ncnc3c2ncn3[C@@H]2O[C@H](CO)[C@@H](O)[C@H]2O)cc1C. The van der Waals surface area contributed by atoms with Crippen LogP contribution in [0.15, 0.2) is 30.9 Å². The van der Waals surface area contributed by atoms with Gasteiger partial charge in [0.25, 0.3) is 0 Å². The summed E-state index contributed by atoms with van der Waals surface area (Å²) in [5.74, 6) is 0.564. The Morgan fingerprint density at radius 3 is 2.64 bits per heavy atom. The number of rotatable bonds is 5. The highest BCUT2D eigenvalue weighted by atomic mass is 16.6. The van der Waals surface area contributed by atoms with E-state index in [0.717, 1.165) is 5.56 Å². The van der Waals surface area contributed by atoms with Gasteiger partial charge >= 0.3 is 0 Å². The van der Waals surface area contributed by atoms with Crippen LogP contribution in [0.3, 0.4) is 0 Å². The van der Waals surface area contributed by atoms with Crippen LogP contribution < -0.4 is 5.32 Å². The van der Waals surface area contributed by atoms with E-state index in [2.05, 4.69) is 52.3 Å². The van der Waals surface area contributed by atoms with Crippen LogP contribution in [-0.4, -0.2) is 59.8 Å². The van der Waals surface area contributed by atoms with Gasteiger partial charge in [-0.2, -0.15) is 0 Å². The van der Waals surface area contributed by atoms with Crippen molar-refractivity contribution in [3.05, 3.63) is 47.5 Å². The van der Waals surface area contributed by atoms with E-state index in [0.29, 0.717) is 23.5 Å². The molecule has 148 valence electrons. The van der Waals surface area contributed by atoms with Crippen LogP contribution in [0.1, 0.15) is 22.9 Å². The second-order valence-electron chi connectivity index (χ2n) is 7.05. The van der Waals surface area contributed by atoms with Gasteiger partial charge in [0.2, 0.25) is 0 Å². The molecule has 0 aliphatic carbocycles. The summed E-state index contributed by atoms with van der Waals surface area (Å²) in [6.07, 6.45) is -1.24. The zero-order chi connectivity index (χ0) is 19.8. The maximum atomic E-state index is 10.3. The molecule has 1 aliphatic rings. The molecular formula is C19H23N5O4. The van der Waals surface area contributed by atoms with Crippen LogP contribution in [-0.2, 0) is 11.3 Å². The quantitative estimate of drug-likeness (QED) is 0.505. The number of ether oxygens (including phenoxy) is 1. The lowest BCUT2D eigenvalue weighted by Gasteiger charge is -2.16. The lowest BCUT2D eigenvalue weighted by molar-refractivity contribution is -0.0511. The molecule has 0 unspecified atom stereocenters. The summed E-state index contributed by atoms with van der Waals surface area (Å²) >= 11 is 0. The van der Waals surface area contributed by atoms with Gasteiger partial charge in [0.15, 0.2) is 23.2 Å². The third kappa shape index (κ3) is 3.22. The molecule has 1 aliphatic heterocycles. The molecule has 0 radical (unpaired) electrons. The average Bonchev–Trinajstić information content (AvgIpc) is 3.24. The number of hydrogen-bond donors (Lipinski definition) is 4. The Labute approximate surface area is 161 Å². The van der Waals surface area contributed by atoms with E-state index in [1.54, 1.807) is 4.57 Å². The molecule has 4 N–H and O–H groups in total. The predicted octanol–water partition coefficient (Wildman–Crippen LogP) is 0.667. The summed E-state index contributed by atoms with van der Waals surface area (Å²) in [6, 6.07) is 6.27. The second-order valence-corrected chi connectivity index (χ2v) is 7.05. The van der Waals surface area contributed by atoms with Gasteiger partial charge in [-0.15, -0.1) is 0 Å². The normalized spacial score (nSPS) is 24.8. The Morgan fingerprint density at radius 2 is 1.93 bits per heavy atom. The number of aryl methyl sites for hydroxylation is 2. The lowest BCUT2D eigenvalue weighted by atomic mass is 10.1. The fourth-order valence-corrected chi connectivity index (χ4v) is 3.38. The first kappa shape index (κ1) is 18.8. The monoisotopic (exact) mass is 385 g/mol. The molecule has 4 atom stereocenters. The minimum Gasteiger partial charge on any atom is -0.394 e. The van der Waals surface area contributed by atoms with Crippen LogP contribution in [0.25, 0.3) is 11.2 Å². The van der Waals surface area contributed by atoms with E-state index in [4.69, 9.17) is 4.74 Å². The largest absolute Gasteiger partial charge is 0.394 e. The van der Waals surface area contributed by atoms with E-state index < -0.39 is 24.5 Å². The van der Waals surface area contributed by atoms with Gasteiger partial charge in [-0.25, -0.2) is 15.0 Å². The number of aliphatic hydroxyl groups is 3. The van der Waals surface area contributed by atoms with Crippen LogP contribution in [0.4, 0.5) is 5.82 Å². The topological polar surface area (TPSA) is 126 Å². The summed E-state index contributed by atoms with van der Waals surface area (Å²) in [5.41, 5.74) is 4.58. The molecule has 0 amide bonds. The zero-order valence-corrected chi connectivity index (χ0v) is 15.6. The van der Waals surface area contributed by atoms with Crippen LogP contribution >= 0.6 is 0 Å². The fraction of sp³-hybridized carbons (Fsp3) is 0.421. The summed E-state index contributed by atoms with van der Waals surface area (Å²) in [7, 11) is 0. The fourth-order valence-electron chi connectivity index (χ4n) is 3.38. The first-order valence-electron chi connectivity index (χ1n) is 9.09. The van der Waals surface area contributed by atoms with Crippen LogP contribution in [0.5, 0.6) is 0 Å². The van der Waals surface area contributed by atoms with Crippen molar-refractivity contribution in [3.63, 3.8) is 0 Å². The molecule has 1 saturated heterocycles. The second kappa shape index (κ2) is 7.44. The third-order valence-corrected chi connectivity index (χ3v) is 5.18. The Balaban J connectivity index is 1.59. The molecule has 9 heteroatoms. The predicted molar refractivity (Wildman–Crippen MR) is 102 cm³/mol. The molecule has 0 saturated carbocycles. The van der Waals surface area contributed by atoms with Gasteiger partial charge in [0.05, 0.1) is 12.9 Å². The number of aliphatic hydroxyl groups excluding tert-OH is 3. The molecule has 0 spiro atoms. The van der Waals surface area contributed by atoms with Crippen molar-refractivity contribution in [1.29, 1.82) is 0 Å². The molecular weight excluding hydrogens is 362 g/mol. The summed E-state index contributed by atoms with van der Waals surface area (Å²) in [4.78, 5) is 12.9. The van der Waals surface area contributed by atoms with E-state index in [1.165, 1.54) is 23.8 Å². The summed E-state index contributed by atoms with van der Waals surface area (Å²) in [5, 5.41) is 32.8. The van der Waals surface area contributed by atoms with Crippen molar-refractivity contribution in [2.45, 2.75) is 44.9 Å². The molecule has 28 heavy (non-hydrogen) atoms. The number of aromatic nitrogens is 4. The number of nitrogens with zero attached hydrogens (tertiary/aromatic N) is 4. The van der Waals surface area contributed by atoms with Gasteiger partial charge in [-0.3, -0.25) is 4.57 Å². The van der Waals surface area contributed by atoms with Crippen LogP contribution in [0.2, 0.25) is 0 Å². The van der Waals surface area contributed by atoms with Gasteiger partial charge < -0.3 is 25.4 Å². The zero-order valence-electron chi connectivity index (χ0n) is 15.6. The summed E-state index contributed by atoms with van der Waals surface area (Å²) < 4.78 is 7.12. The maximum absolute atomic E-state index is 10.3. The summed E-state index contributed by atoms with van der Waals surface area (Å²) in [6.45, 7) is 4.34. The van der Waals surface area contributed by atoms with Gasteiger partial charge in [-0.1, -0.05) is 18.2 Å². The number of nitrogens with one attached hydrogen (secondary N) is 1. The van der Waals surface area contributed by atoms with Crippen molar-refractivity contribution >= 4 is 17.0 Å². The van der Waals surface area contributed by atoms with E-state index in [-0.39, 0.29) is 6.61 Å². The molecule has 1 fully saturated rings. The molecule has 2 aromatic heterocycles. The Bertz CT molecular complexity index is 992. The Morgan fingerprint density at radius 1 is 1.11 bits per heavy atom. The average molecular weight is 385 g/mol. The molecule has 1 aromatic carbocycles. The van der Waals surface area contributed by atoms with Gasteiger partial charge in [-0.05, 0) is 30.5 Å². The lowest BCUT2D eigenvalue weighted by Crippen LogP contribution is -2.33. The molecule has 3 aromatic rings. The van der Waals surface area contributed by atoms with E-state index in [1.807, 2.05) is 0 Å². The van der Waals surface area contributed by atoms with Gasteiger partial charge in [0.1, 0.15) is 24.6 Å². The number of anilines is 1. The minimum absolute atomic E-state index is 0.390. The highest BCUT2D eigenvalue weighted by molar-refractivity contribution is 5.82. The van der Waals surface area contributed by atoms with Gasteiger partial charge in [0, 0.05) is 6.54 Å². The maximum Gasteiger partial charge on any atom is 0.167 e. The number of fused-ring (bicyclic) bond motifs is 1. The number of hydrogen-bond acceptors (Lipinski definition) is 8. The highest BCUT2D eigenvalue weighted by Crippen LogP contribution is 2.32. The van der Waals surface area contributed by atoms with Crippen molar-refractivity contribution < 1.29 is 20.1 Å². The van der Waals surface area contributed by atoms with Crippen molar-refractivity contribution in [2.75, 3.05) is 11.9 Å². The van der Waals surface area contributed by atoms with Crippen molar-refractivity contribution in [1.82, 2.24) is 19.5 Å². The molecule has 0 bridgehead atoms. The Kier molecular flexibility index (Phi) is 4.98. The smallest absolute Gasteiger partial charge is 0.167 e. The molecule has 4 rings (SSSR count). The standard InChI is InChI=1S/C19H23N5O4/c1-10-3-4-12(5-11(10)2)6-20-17-14-18(22-8-21-17)24(9-23-14)19-16(27)15(26)13(7-25)28-19/h3-5,8-9,13,15-16,19,25-27H,6-7H2,1-2H3,(H,20,21,22)/t13-,15-,16-,19-/m1/s1.